The van der Waals surface area contributed by atoms with Crippen LogP contribution in [0.2, 0.25) is 0 Å². The van der Waals surface area contributed by atoms with E-state index in [0.29, 0.717) is 0 Å². The predicted octanol–water partition coefficient (Wildman–Crippen LogP) is 3.90. The Hall–Kier alpha value is -1.04. The maximum atomic E-state index is 2.28. The quantitative estimate of drug-likeness (QED) is 0.539. The first-order valence-corrected chi connectivity index (χ1v) is 5.49. The Morgan fingerprint density at radius 1 is 0.714 bits per heavy atom. The van der Waals surface area contributed by atoms with Gasteiger partial charge in [0.2, 0.25) is 0 Å². The zero-order valence-corrected chi connectivity index (χ0v) is 9.14. The van der Waals surface area contributed by atoms with Crippen LogP contribution >= 0.6 is 0 Å². The van der Waals surface area contributed by atoms with Gasteiger partial charge in [-0.05, 0) is 50.7 Å². The van der Waals surface area contributed by atoms with E-state index in [9.17, 15) is 0 Å². The summed E-state index contributed by atoms with van der Waals surface area (Å²) in [5, 5.41) is 0. The highest BCUT2D eigenvalue weighted by molar-refractivity contribution is 5.30. The van der Waals surface area contributed by atoms with Gasteiger partial charge in [0.25, 0.3) is 0 Å². The molecule has 0 fully saturated rings. The molecule has 0 nitrogen and oxygen atoms in total. The number of fused-ring (bicyclic) bond motifs is 1. The average Bonchev–Trinajstić information content (AvgIpc) is 2.21. The highest BCUT2D eigenvalue weighted by Crippen LogP contribution is 2.23. The molecular weight excluding hydrogens is 168 g/mol. The number of hydrogen-bond acceptors (Lipinski definition) is 0. The van der Waals surface area contributed by atoms with Crippen molar-refractivity contribution in [3.63, 3.8) is 0 Å². The smallest absolute Gasteiger partial charge is 0.0239 e. The maximum absolute atomic E-state index is 2.28. The SMILES string of the molecule is C/C1=C(\C)CCc2ccccc2CC1. The fourth-order valence-corrected chi connectivity index (χ4v) is 2.12. The van der Waals surface area contributed by atoms with Crippen LogP contribution in [0.4, 0.5) is 0 Å². The first-order valence-electron chi connectivity index (χ1n) is 5.49. The molecule has 0 amide bonds. The minimum atomic E-state index is 1.22. The molecule has 0 N–H and O–H groups in total. The summed E-state index contributed by atoms with van der Waals surface area (Å²) in [6, 6.07) is 8.88. The van der Waals surface area contributed by atoms with Crippen LogP contribution in [0, 0.1) is 0 Å². The van der Waals surface area contributed by atoms with E-state index in [0.717, 1.165) is 0 Å². The highest BCUT2D eigenvalue weighted by atomic mass is 14.1. The molecule has 74 valence electrons. The summed E-state index contributed by atoms with van der Waals surface area (Å²) in [6.07, 6.45) is 4.92. The van der Waals surface area contributed by atoms with Crippen LogP contribution in [-0.4, -0.2) is 0 Å². The van der Waals surface area contributed by atoms with Crippen molar-refractivity contribution >= 4 is 0 Å². The molecule has 0 saturated heterocycles. The molecule has 0 heterocycles. The molecule has 0 atom stereocenters. The van der Waals surface area contributed by atoms with Gasteiger partial charge in [-0.1, -0.05) is 35.4 Å². The lowest BCUT2D eigenvalue weighted by molar-refractivity contribution is 0.818. The first-order chi connectivity index (χ1) is 6.77. The van der Waals surface area contributed by atoms with E-state index >= 15 is 0 Å². The third-order valence-corrected chi connectivity index (χ3v) is 3.39. The van der Waals surface area contributed by atoms with Crippen molar-refractivity contribution in [3.8, 4) is 0 Å². The van der Waals surface area contributed by atoms with Gasteiger partial charge in [-0.3, -0.25) is 0 Å². The van der Waals surface area contributed by atoms with Gasteiger partial charge in [-0.25, -0.2) is 0 Å². The average molecular weight is 186 g/mol. The fraction of sp³-hybridized carbons (Fsp3) is 0.429. The Labute approximate surface area is 86.7 Å². The third-order valence-electron chi connectivity index (χ3n) is 3.39. The summed E-state index contributed by atoms with van der Waals surface area (Å²) < 4.78 is 0. The van der Waals surface area contributed by atoms with Crippen molar-refractivity contribution in [2.75, 3.05) is 0 Å². The molecule has 0 bridgehead atoms. The van der Waals surface area contributed by atoms with E-state index in [1.807, 2.05) is 0 Å². The Kier molecular flexibility index (Phi) is 2.72. The summed E-state index contributed by atoms with van der Waals surface area (Å²) in [4.78, 5) is 0. The van der Waals surface area contributed by atoms with Crippen LogP contribution in [0.1, 0.15) is 37.8 Å². The standard InChI is InChI=1S/C14H18/c1-11-7-9-13-5-3-4-6-14(13)10-8-12(11)2/h3-6H,7-10H2,1-2H3/b12-11-. The van der Waals surface area contributed by atoms with Crippen LogP contribution in [0.3, 0.4) is 0 Å². The largest absolute Gasteiger partial charge is 0.0741 e. The molecule has 1 aromatic carbocycles. The first kappa shape index (κ1) is 9.51. The number of aryl methyl sites for hydroxylation is 2. The van der Waals surface area contributed by atoms with Crippen molar-refractivity contribution in [2.24, 2.45) is 0 Å². The van der Waals surface area contributed by atoms with Gasteiger partial charge in [-0.2, -0.15) is 0 Å². The molecule has 1 aliphatic carbocycles. The normalized spacial score (nSPS) is 22.4. The minimum absolute atomic E-state index is 1.22. The molecule has 0 radical (unpaired) electrons. The Morgan fingerprint density at radius 2 is 1.14 bits per heavy atom. The minimum Gasteiger partial charge on any atom is -0.0741 e. The predicted molar refractivity (Wildman–Crippen MR) is 61.5 cm³/mol. The second-order valence-electron chi connectivity index (χ2n) is 4.33. The highest BCUT2D eigenvalue weighted by Gasteiger charge is 2.07. The van der Waals surface area contributed by atoms with Crippen LogP contribution in [0.5, 0.6) is 0 Å². The zero-order chi connectivity index (χ0) is 9.97. The van der Waals surface area contributed by atoms with Crippen LogP contribution < -0.4 is 0 Å². The van der Waals surface area contributed by atoms with Crippen molar-refractivity contribution in [2.45, 2.75) is 39.5 Å². The lowest BCUT2D eigenvalue weighted by Crippen LogP contribution is -2.01. The Balaban J connectivity index is 2.28. The molecule has 0 aliphatic heterocycles. The molecule has 1 aromatic rings. The lowest BCUT2D eigenvalue weighted by Gasteiger charge is -2.15. The molecular formula is C14H18. The fourth-order valence-electron chi connectivity index (χ4n) is 2.12. The van der Waals surface area contributed by atoms with Crippen molar-refractivity contribution in [1.82, 2.24) is 0 Å². The van der Waals surface area contributed by atoms with Gasteiger partial charge in [0.1, 0.15) is 0 Å². The van der Waals surface area contributed by atoms with E-state index in [4.69, 9.17) is 0 Å². The molecule has 14 heavy (non-hydrogen) atoms. The van der Waals surface area contributed by atoms with E-state index in [1.54, 1.807) is 22.3 Å². The van der Waals surface area contributed by atoms with Gasteiger partial charge in [-0.15, -0.1) is 0 Å². The molecule has 0 heteroatoms. The van der Waals surface area contributed by atoms with Gasteiger partial charge in [0.05, 0.1) is 0 Å². The zero-order valence-electron chi connectivity index (χ0n) is 9.14. The van der Waals surface area contributed by atoms with Gasteiger partial charge in [0, 0.05) is 0 Å². The Bertz CT molecular complexity index is 323. The van der Waals surface area contributed by atoms with Crippen LogP contribution in [0.25, 0.3) is 0 Å². The van der Waals surface area contributed by atoms with E-state index < -0.39 is 0 Å². The van der Waals surface area contributed by atoms with Crippen molar-refractivity contribution in [1.29, 1.82) is 0 Å². The summed E-state index contributed by atoms with van der Waals surface area (Å²) in [6.45, 7) is 4.56. The topological polar surface area (TPSA) is 0 Å². The van der Waals surface area contributed by atoms with Crippen LogP contribution in [-0.2, 0) is 12.8 Å². The van der Waals surface area contributed by atoms with Crippen molar-refractivity contribution < 1.29 is 0 Å². The molecule has 0 unspecified atom stereocenters. The maximum Gasteiger partial charge on any atom is -0.0239 e. The summed E-state index contributed by atoms with van der Waals surface area (Å²) in [5.74, 6) is 0. The lowest BCUT2D eigenvalue weighted by atomic mass is 9.90. The number of rotatable bonds is 0. The van der Waals surface area contributed by atoms with Gasteiger partial charge >= 0.3 is 0 Å². The number of benzene rings is 1. The third kappa shape index (κ3) is 1.89. The molecule has 0 aromatic heterocycles. The second kappa shape index (κ2) is 4.00. The van der Waals surface area contributed by atoms with E-state index in [1.165, 1.54) is 25.7 Å². The van der Waals surface area contributed by atoms with E-state index in [2.05, 4.69) is 38.1 Å². The molecule has 0 saturated carbocycles. The number of allylic oxidation sites excluding steroid dienone is 2. The monoisotopic (exact) mass is 186 g/mol. The van der Waals surface area contributed by atoms with Gasteiger partial charge < -0.3 is 0 Å². The summed E-state index contributed by atoms with van der Waals surface area (Å²) in [5.41, 5.74) is 6.30. The molecule has 2 rings (SSSR count). The van der Waals surface area contributed by atoms with E-state index in [-0.39, 0.29) is 0 Å². The summed E-state index contributed by atoms with van der Waals surface area (Å²) in [7, 11) is 0. The van der Waals surface area contributed by atoms with Gasteiger partial charge in [0.15, 0.2) is 0 Å². The summed E-state index contributed by atoms with van der Waals surface area (Å²) >= 11 is 0. The number of hydrogen-bond donors (Lipinski definition) is 0. The van der Waals surface area contributed by atoms with Crippen molar-refractivity contribution in [3.05, 3.63) is 46.5 Å². The Morgan fingerprint density at radius 3 is 1.57 bits per heavy atom. The second-order valence-corrected chi connectivity index (χ2v) is 4.33. The molecule has 0 spiro atoms. The molecule has 1 aliphatic rings. The van der Waals surface area contributed by atoms with Crippen LogP contribution in [0.15, 0.2) is 35.4 Å².